The van der Waals surface area contributed by atoms with Crippen molar-refractivity contribution in [2.24, 2.45) is 0 Å². The molecular formula is C16H19N. The molecule has 17 heavy (non-hydrogen) atoms. The van der Waals surface area contributed by atoms with Gasteiger partial charge in [-0.3, -0.25) is 0 Å². The summed E-state index contributed by atoms with van der Waals surface area (Å²) in [6, 6.07) is 19.3. The van der Waals surface area contributed by atoms with Gasteiger partial charge in [0.2, 0.25) is 0 Å². The molecule has 0 aliphatic heterocycles. The van der Waals surface area contributed by atoms with Crippen molar-refractivity contribution in [3.8, 4) is 0 Å². The van der Waals surface area contributed by atoms with Crippen LogP contribution in [0.4, 0.5) is 5.69 Å². The molecular weight excluding hydrogens is 206 g/mol. The van der Waals surface area contributed by atoms with Crippen LogP contribution < -0.4 is 5.32 Å². The van der Waals surface area contributed by atoms with Gasteiger partial charge in [-0.15, -0.1) is 0 Å². The molecule has 0 aromatic heterocycles. The van der Waals surface area contributed by atoms with Crippen molar-refractivity contribution >= 4 is 5.69 Å². The summed E-state index contributed by atoms with van der Waals surface area (Å²) in [5, 5.41) is 3.39. The van der Waals surface area contributed by atoms with Crippen LogP contribution in [0.25, 0.3) is 0 Å². The van der Waals surface area contributed by atoms with E-state index in [1.54, 1.807) is 0 Å². The molecule has 0 spiro atoms. The molecule has 2 rings (SSSR count). The zero-order valence-electron chi connectivity index (χ0n) is 10.3. The third-order valence-corrected chi connectivity index (χ3v) is 2.78. The monoisotopic (exact) mass is 225 g/mol. The summed E-state index contributed by atoms with van der Waals surface area (Å²) >= 11 is 0. The van der Waals surface area contributed by atoms with E-state index in [4.69, 9.17) is 0 Å². The fourth-order valence-electron chi connectivity index (χ4n) is 1.84. The second-order valence-corrected chi connectivity index (χ2v) is 4.29. The predicted molar refractivity (Wildman–Crippen MR) is 74.5 cm³/mol. The van der Waals surface area contributed by atoms with Crippen molar-refractivity contribution < 1.29 is 0 Å². The maximum atomic E-state index is 3.39. The van der Waals surface area contributed by atoms with E-state index in [0.717, 1.165) is 19.4 Å². The third kappa shape index (κ3) is 3.63. The normalized spacial score (nSPS) is 10.2. The van der Waals surface area contributed by atoms with Gasteiger partial charge >= 0.3 is 0 Å². The van der Waals surface area contributed by atoms with Crippen molar-refractivity contribution in [3.63, 3.8) is 0 Å². The Bertz CT molecular complexity index is 431. The zero-order chi connectivity index (χ0) is 11.9. The summed E-state index contributed by atoms with van der Waals surface area (Å²) in [7, 11) is 0. The quantitative estimate of drug-likeness (QED) is 0.807. The first-order valence-electron chi connectivity index (χ1n) is 6.25. The second-order valence-electron chi connectivity index (χ2n) is 4.29. The largest absolute Gasteiger partial charge is 0.385 e. The Balaban J connectivity index is 1.98. The topological polar surface area (TPSA) is 12.0 Å². The van der Waals surface area contributed by atoms with Crippen molar-refractivity contribution in [1.29, 1.82) is 0 Å². The van der Waals surface area contributed by atoms with Crippen molar-refractivity contribution in [3.05, 3.63) is 65.7 Å². The summed E-state index contributed by atoms with van der Waals surface area (Å²) in [4.78, 5) is 0. The highest BCUT2D eigenvalue weighted by molar-refractivity contribution is 5.45. The molecule has 0 amide bonds. The van der Waals surface area contributed by atoms with Crippen molar-refractivity contribution in [2.75, 3.05) is 11.9 Å². The van der Waals surface area contributed by atoms with Crippen molar-refractivity contribution in [1.82, 2.24) is 0 Å². The molecule has 0 unspecified atom stereocenters. The van der Waals surface area contributed by atoms with E-state index in [2.05, 4.69) is 66.8 Å². The van der Waals surface area contributed by atoms with Gasteiger partial charge in [-0.1, -0.05) is 49.4 Å². The van der Waals surface area contributed by atoms with E-state index in [9.17, 15) is 0 Å². The SMILES string of the molecule is CCCNc1ccc(Cc2ccccc2)cc1. The van der Waals surface area contributed by atoms with E-state index in [-0.39, 0.29) is 0 Å². The van der Waals surface area contributed by atoms with Gasteiger partial charge in [0.05, 0.1) is 0 Å². The highest BCUT2D eigenvalue weighted by atomic mass is 14.9. The molecule has 0 fully saturated rings. The maximum absolute atomic E-state index is 3.39. The minimum absolute atomic E-state index is 1.01. The number of hydrogen-bond acceptors (Lipinski definition) is 1. The molecule has 0 heterocycles. The first kappa shape index (κ1) is 11.7. The van der Waals surface area contributed by atoms with Crippen LogP contribution in [0.5, 0.6) is 0 Å². The number of rotatable bonds is 5. The molecule has 1 heteroatoms. The molecule has 0 aliphatic rings. The van der Waals surface area contributed by atoms with Gasteiger partial charge in [0.1, 0.15) is 0 Å². The lowest BCUT2D eigenvalue weighted by molar-refractivity contribution is 0.979. The van der Waals surface area contributed by atoms with Crippen LogP contribution in [0.15, 0.2) is 54.6 Å². The van der Waals surface area contributed by atoms with Crippen LogP contribution in [-0.2, 0) is 6.42 Å². The second kappa shape index (κ2) is 6.09. The average molecular weight is 225 g/mol. The highest BCUT2D eigenvalue weighted by Crippen LogP contribution is 2.13. The molecule has 0 radical (unpaired) electrons. The summed E-state index contributed by atoms with van der Waals surface area (Å²) in [5.41, 5.74) is 3.93. The summed E-state index contributed by atoms with van der Waals surface area (Å²) in [6.45, 7) is 3.22. The summed E-state index contributed by atoms with van der Waals surface area (Å²) < 4.78 is 0. The Kier molecular flexibility index (Phi) is 4.20. The first-order chi connectivity index (χ1) is 8.38. The Morgan fingerprint density at radius 3 is 2.12 bits per heavy atom. The van der Waals surface area contributed by atoms with Crippen LogP contribution in [0, 0.1) is 0 Å². The molecule has 0 aliphatic carbocycles. The molecule has 2 aromatic carbocycles. The van der Waals surface area contributed by atoms with Gasteiger partial charge in [-0.25, -0.2) is 0 Å². The highest BCUT2D eigenvalue weighted by Gasteiger charge is 1.96. The van der Waals surface area contributed by atoms with E-state index in [1.165, 1.54) is 16.8 Å². The van der Waals surface area contributed by atoms with E-state index in [0.29, 0.717) is 0 Å². The average Bonchev–Trinajstić information content (AvgIpc) is 2.39. The van der Waals surface area contributed by atoms with Gasteiger partial charge in [0.25, 0.3) is 0 Å². The molecule has 2 aromatic rings. The molecule has 0 bridgehead atoms. The first-order valence-corrected chi connectivity index (χ1v) is 6.25. The fraction of sp³-hybridized carbons (Fsp3) is 0.250. The summed E-state index contributed by atoms with van der Waals surface area (Å²) in [5.74, 6) is 0. The smallest absolute Gasteiger partial charge is 0.0340 e. The number of anilines is 1. The van der Waals surface area contributed by atoms with Crippen LogP contribution in [0.2, 0.25) is 0 Å². The Labute approximate surface area is 103 Å². The minimum Gasteiger partial charge on any atom is -0.385 e. The lowest BCUT2D eigenvalue weighted by atomic mass is 10.0. The van der Waals surface area contributed by atoms with Gasteiger partial charge in [-0.2, -0.15) is 0 Å². The molecule has 0 saturated carbocycles. The van der Waals surface area contributed by atoms with Crippen molar-refractivity contribution in [2.45, 2.75) is 19.8 Å². The van der Waals surface area contributed by atoms with Crippen LogP contribution in [-0.4, -0.2) is 6.54 Å². The Morgan fingerprint density at radius 1 is 0.824 bits per heavy atom. The minimum atomic E-state index is 1.01. The lowest BCUT2D eigenvalue weighted by Gasteiger charge is -2.06. The lowest BCUT2D eigenvalue weighted by Crippen LogP contribution is -1.99. The molecule has 88 valence electrons. The molecule has 1 N–H and O–H groups in total. The van der Waals surface area contributed by atoms with Gasteiger partial charge in [0.15, 0.2) is 0 Å². The molecule has 1 nitrogen and oxygen atoms in total. The Hall–Kier alpha value is -1.76. The zero-order valence-corrected chi connectivity index (χ0v) is 10.3. The van der Waals surface area contributed by atoms with E-state index < -0.39 is 0 Å². The Morgan fingerprint density at radius 2 is 1.47 bits per heavy atom. The molecule has 0 saturated heterocycles. The van der Waals surface area contributed by atoms with Crippen LogP contribution >= 0.6 is 0 Å². The fourth-order valence-corrected chi connectivity index (χ4v) is 1.84. The van der Waals surface area contributed by atoms with Gasteiger partial charge in [-0.05, 0) is 36.1 Å². The van der Waals surface area contributed by atoms with Gasteiger partial charge in [0, 0.05) is 12.2 Å². The third-order valence-electron chi connectivity index (χ3n) is 2.78. The maximum Gasteiger partial charge on any atom is 0.0340 e. The van der Waals surface area contributed by atoms with E-state index in [1.807, 2.05) is 0 Å². The number of benzene rings is 2. The number of hydrogen-bond donors (Lipinski definition) is 1. The van der Waals surface area contributed by atoms with Crippen LogP contribution in [0.3, 0.4) is 0 Å². The van der Waals surface area contributed by atoms with Gasteiger partial charge < -0.3 is 5.32 Å². The van der Waals surface area contributed by atoms with E-state index >= 15 is 0 Å². The summed E-state index contributed by atoms with van der Waals surface area (Å²) in [6.07, 6.45) is 2.17. The molecule has 0 atom stereocenters. The number of nitrogens with one attached hydrogen (secondary N) is 1. The van der Waals surface area contributed by atoms with Crippen LogP contribution in [0.1, 0.15) is 24.5 Å². The standard InChI is InChI=1S/C16H19N/c1-2-12-17-16-10-8-15(9-11-16)13-14-6-4-3-5-7-14/h3-11,17H,2,12-13H2,1H3. The predicted octanol–water partition coefficient (Wildman–Crippen LogP) is 4.10.